The fourth-order valence-corrected chi connectivity index (χ4v) is 1.73. The van der Waals surface area contributed by atoms with E-state index in [-0.39, 0.29) is 0 Å². The molecule has 0 radical (unpaired) electrons. The summed E-state index contributed by atoms with van der Waals surface area (Å²) in [6, 6.07) is 9.58. The summed E-state index contributed by atoms with van der Waals surface area (Å²) in [7, 11) is 0. The van der Waals surface area contributed by atoms with Crippen molar-refractivity contribution < 1.29 is 4.74 Å². The van der Waals surface area contributed by atoms with E-state index in [1.165, 1.54) is 0 Å². The van der Waals surface area contributed by atoms with Gasteiger partial charge in [-0.25, -0.2) is 4.98 Å². The normalized spacial score (nSPS) is 10.3. The third kappa shape index (κ3) is 3.43. The van der Waals surface area contributed by atoms with Crippen molar-refractivity contribution in [3.63, 3.8) is 0 Å². The lowest BCUT2D eigenvalue weighted by Crippen LogP contribution is -2.03. The molecule has 5 heteroatoms. The van der Waals surface area contributed by atoms with Crippen LogP contribution in [-0.4, -0.2) is 9.97 Å². The van der Waals surface area contributed by atoms with Crippen LogP contribution in [0, 0.1) is 0 Å². The van der Waals surface area contributed by atoms with E-state index in [1.54, 1.807) is 6.07 Å². The third-order valence-electron chi connectivity index (χ3n) is 2.38. The Morgan fingerprint density at radius 3 is 2.61 bits per heavy atom. The van der Waals surface area contributed by atoms with Crippen LogP contribution >= 0.6 is 15.9 Å². The molecule has 1 heterocycles. The highest BCUT2D eigenvalue weighted by Crippen LogP contribution is 2.15. The van der Waals surface area contributed by atoms with Gasteiger partial charge in [0.2, 0.25) is 5.88 Å². The van der Waals surface area contributed by atoms with Crippen LogP contribution in [0.15, 0.2) is 34.8 Å². The van der Waals surface area contributed by atoms with Gasteiger partial charge in [0.05, 0.1) is 0 Å². The Labute approximate surface area is 114 Å². The molecule has 18 heavy (non-hydrogen) atoms. The van der Waals surface area contributed by atoms with Gasteiger partial charge in [-0.1, -0.05) is 35.0 Å². The molecule has 94 valence electrons. The number of anilines is 1. The number of benzene rings is 1. The Bertz CT molecular complexity index is 528. The van der Waals surface area contributed by atoms with Gasteiger partial charge >= 0.3 is 0 Å². The molecule has 0 fully saturated rings. The molecule has 0 unspecified atom stereocenters. The standard InChI is InChI=1S/C13H14BrN3O/c1-2-12-16-11(15)7-13(17-12)18-8-9-3-5-10(14)6-4-9/h3-7H,2,8H2,1H3,(H2,15,16,17). The molecule has 0 amide bonds. The van der Waals surface area contributed by atoms with Gasteiger partial charge in [0.25, 0.3) is 0 Å². The molecule has 0 spiro atoms. The Morgan fingerprint density at radius 1 is 1.22 bits per heavy atom. The lowest BCUT2D eigenvalue weighted by molar-refractivity contribution is 0.292. The molecule has 2 aromatic rings. The molecule has 0 aliphatic carbocycles. The van der Waals surface area contributed by atoms with Gasteiger partial charge in [-0.2, -0.15) is 4.98 Å². The molecule has 0 bridgehead atoms. The number of nitrogen functional groups attached to an aromatic ring is 1. The Balaban J connectivity index is 2.05. The SMILES string of the molecule is CCc1nc(N)cc(OCc2ccc(Br)cc2)n1. The highest BCUT2D eigenvalue weighted by Gasteiger charge is 2.02. The number of nitrogens with zero attached hydrogens (tertiary/aromatic N) is 2. The Morgan fingerprint density at radius 2 is 1.94 bits per heavy atom. The largest absolute Gasteiger partial charge is 0.473 e. The summed E-state index contributed by atoms with van der Waals surface area (Å²) in [4.78, 5) is 8.36. The second-order valence-corrected chi connectivity index (χ2v) is 4.73. The molecule has 0 aliphatic heterocycles. The first-order chi connectivity index (χ1) is 8.67. The van der Waals surface area contributed by atoms with Crippen molar-refractivity contribution in [2.24, 2.45) is 0 Å². The van der Waals surface area contributed by atoms with Crippen LogP contribution in [0.3, 0.4) is 0 Å². The van der Waals surface area contributed by atoms with Crippen LogP contribution < -0.4 is 10.5 Å². The van der Waals surface area contributed by atoms with E-state index in [0.717, 1.165) is 16.5 Å². The molecule has 2 rings (SSSR count). The van der Waals surface area contributed by atoms with Gasteiger partial charge in [-0.15, -0.1) is 0 Å². The van der Waals surface area contributed by atoms with E-state index in [0.29, 0.717) is 24.1 Å². The topological polar surface area (TPSA) is 61.0 Å². The van der Waals surface area contributed by atoms with Gasteiger partial charge in [0, 0.05) is 17.0 Å². The van der Waals surface area contributed by atoms with Crippen LogP contribution in [0.1, 0.15) is 18.3 Å². The number of ether oxygens (including phenoxy) is 1. The second-order valence-electron chi connectivity index (χ2n) is 3.82. The lowest BCUT2D eigenvalue weighted by atomic mass is 10.2. The monoisotopic (exact) mass is 307 g/mol. The van der Waals surface area contributed by atoms with Crippen molar-refractivity contribution in [1.29, 1.82) is 0 Å². The van der Waals surface area contributed by atoms with Gasteiger partial charge in [0.1, 0.15) is 18.2 Å². The first-order valence-corrected chi connectivity index (χ1v) is 6.47. The Hall–Kier alpha value is -1.62. The van der Waals surface area contributed by atoms with Gasteiger partial charge in [0.15, 0.2) is 0 Å². The van der Waals surface area contributed by atoms with Crippen LogP contribution in [0.4, 0.5) is 5.82 Å². The van der Waals surface area contributed by atoms with E-state index in [9.17, 15) is 0 Å². The van der Waals surface area contributed by atoms with E-state index in [2.05, 4.69) is 25.9 Å². The molecular weight excluding hydrogens is 294 g/mol. The number of aryl methyl sites for hydroxylation is 1. The molecule has 0 saturated carbocycles. The van der Waals surface area contributed by atoms with Crippen molar-refractivity contribution in [1.82, 2.24) is 9.97 Å². The summed E-state index contributed by atoms with van der Waals surface area (Å²) in [6.07, 6.45) is 0.736. The van der Waals surface area contributed by atoms with Crippen molar-refractivity contribution in [2.75, 3.05) is 5.73 Å². The second kappa shape index (κ2) is 5.82. The molecule has 4 nitrogen and oxygen atoms in total. The minimum Gasteiger partial charge on any atom is -0.473 e. The zero-order valence-corrected chi connectivity index (χ0v) is 11.6. The minimum absolute atomic E-state index is 0.438. The van der Waals surface area contributed by atoms with Crippen LogP contribution in [0.25, 0.3) is 0 Å². The molecule has 0 aliphatic rings. The summed E-state index contributed by atoms with van der Waals surface area (Å²) >= 11 is 3.39. The number of hydrogen-bond acceptors (Lipinski definition) is 4. The zero-order chi connectivity index (χ0) is 13.0. The van der Waals surface area contributed by atoms with Crippen molar-refractivity contribution in [2.45, 2.75) is 20.0 Å². The summed E-state index contributed by atoms with van der Waals surface area (Å²) in [6.45, 7) is 2.44. The zero-order valence-electron chi connectivity index (χ0n) is 10.1. The van der Waals surface area contributed by atoms with Gasteiger partial charge < -0.3 is 10.5 Å². The molecule has 1 aromatic carbocycles. The average molecular weight is 308 g/mol. The van der Waals surface area contributed by atoms with Crippen LogP contribution in [0.5, 0.6) is 5.88 Å². The number of nitrogens with two attached hydrogens (primary N) is 1. The highest BCUT2D eigenvalue weighted by molar-refractivity contribution is 9.10. The van der Waals surface area contributed by atoms with Crippen LogP contribution in [-0.2, 0) is 13.0 Å². The maximum absolute atomic E-state index is 5.69. The smallest absolute Gasteiger partial charge is 0.219 e. The van der Waals surface area contributed by atoms with E-state index >= 15 is 0 Å². The molecule has 0 atom stereocenters. The minimum atomic E-state index is 0.438. The first kappa shape index (κ1) is 12.8. The molecule has 1 aromatic heterocycles. The van der Waals surface area contributed by atoms with Crippen molar-refractivity contribution in [3.05, 3.63) is 46.2 Å². The fourth-order valence-electron chi connectivity index (χ4n) is 1.46. The molecule has 2 N–H and O–H groups in total. The number of halogens is 1. The summed E-state index contributed by atoms with van der Waals surface area (Å²) in [5.41, 5.74) is 6.76. The molecule has 0 saturated heterocycles. The third-order valence-corrected chi connectivity index (χ3v) is 2.91. The van der Waals surface area contributed by atoms with E-state index < -0.39 is 0 Å². The lowest BCUT2D eigenvalue weighted by Gasteiger charge is -2.07. The Kier molecular flexibility index (Phi) is 4.15. The summed E-state index contributed by atoms with van der Waals surface area (Å²) in [5, 5.41) is 0. The maximum atomic E-state index is 5.69. The predicted octanol–water partition coefficient (Wildman–Crippen LogP) is 2.96. The number of hydrogen-bond donors (Lipinski definition) is 1. The van der Waals surface area contributed by atoms with Crippen molar-refractivity contribution >= 4 is 21.7 Å². The summed E-state index contributed by atoms with van der Waals surface area (Å²) < 4.78 is 6.66. The highest BCUT2D eigenvalue weighted by atomic mass is 79.9. The van der Waals surface area contributed by atoms with Crippen LogP contribution in [0.2, 0.25) is 0 Å². The maximum Gasteiger partial charge on any atom is 0.219 e. The first-order valence-electron chi connectivity index (χ1n) is 5.68. The quantitative estimate of drug-likeness (QED) is 0.943. The molecular formula is C13H14BrN3O. The van der Waals surface area contributed by atoms with Gasteiger partial charge in [-0.3, -0.25) is 0 Å². The fraction of sp³-hybridized carbons (Fsp3) is 0.231. The average Bonchev–Trinajstić information content (AvgIpc) is 2.37. The van der Waals surface area contributed by atoms with E-state index in [4.69, 9.17) is 10.5 Å². The summed E-state index contributed by atoms with van der Waals surface area (Å²) in [5.74, 6) is 1.65. The van der Waals surface area contributed by atoms with E-state index in [1.807, 2.05) is 31.2 Å². The predicted molar refractivity (Wildman–Crippen MR) is 74.3 cm³/mol. The number of rotatable bonds is 4. The van der Waals surface area contributed by atoms with Gasteiger partial charge in [-0.05, 0) is 17.7 Å². The number of aromatic nitrogens is 2. The van der Waals surface area contributed by atoms with Crippen molar-refractivity contribution in [3.8, 4) is 5.88 Å².